The quantitative estimate of drug-likeness (QED) is 0.341. The molecule has 0 spiro atoms. The minimum atomic E-state index is -4.41. The van der Waals surface area contributed by atoms with Crippen LogP contribution >= 0.6 is 0 Å². The Labute approximate surface area is 199 Å². The van der Waals surface area contributed by atoms with E-state index in [9.17, 15) is 22.0 Å². The monoisotopic (exact) mass is 417 g/mol. The van der Waals surface area contributed by atoms with Crippen LogP contribution in [0.3, 0.4) is 0 Å². The van der Waals surface area contributed by atoms with Gasteiger partial charge in [-0.05, 0) is 43.5 Å². The van der Waals surface area contributed by atoms with E-state index in [4.69, 9.17) is 10.5 Å². The van der Waals surface area contributed by atoms with Gasteiger partial charge in [0.25, 0.3) is 0 Å². The van der Waals surface area contributed by atoms with E-state index in [-0.39, 0.29) is 75.9 Å². The van der Waals surface area contributed by atoms with Crippen LogP contribution in [0.5, 0.6) is 5.75 Å². The molecule has 1 aromatic rings. The summed E-state index contributed by atoms with van der Waals surface area (Å²) < 4.78 is 70.9. The molecule has 1 fully saturated rings. The number of ether oxygens (including phenoxy) is 1. The molecule has 1 aliphatic rings. The normalized spacial score (nSPS) is 20.1. The molecule has 148 valence electrons. The maximum Gasteiger partial charge on any atom is 1.00 e. The summed E-state index contributed by atoms with van der Waals surface area (Å²) in [6.07, 6.45) is -0.843. The first-order chi connectivity index (χ1) is 12.2. The SMILES string of the molecule is [K+].[NH-]CCCCCCC(Oc1ccc(C(F)(F)F)cc1)[C@@H]1CCC(F)(F)C1. The van der Waals surface area contributed by atoms with Crippen LogP contribution in [0.1, 0.15) is 56.9 Å². The molecular formula is C19H25F5KNO. The minimum absolute atomic E-state index is 0. The third kappa shape index (κ3) is 8.66. The van der Waals surface area contributed by atoms with Crippen LogP contribution in [-0.4, -0.2) is 18.6 Å². The Bertz CT molecular complexity index is 550. The van der Waals surface area contributed by atoms with Gasteiger partial charge in [0.2, 0.25) is 5.92 Å². The van der Waals surface area contributed by atoms with Gasteiger partial charge in [0, 0.05) is 18.8 Å². The van der Waals surface area contributed by atoms with Gasteiger partial charge in [-0.15, -0.1) is 0 Å². The van der Waals surface area contributed by atoms with Gasteiger partial charge in [-0.2, -0.15) is 19.7 Å². The molecule has 1 N–H and O–H groups in total. The Kier molecular flexibility index (Phi) is 10.7. The van der Waals surface area contributed by atoms with Gasteiger partial charge in [-0.1, -0.05) is 19.3 Å². The second kappa shape index (κ2) is 11.5. The first-order valence-electron chi connectivity index (χ1n) is 9.07. The van der Waals surface area contributed by atoms with Crippen molar-refractivity contribution in [2.75, 3.05) is 6.54 Å². The van der Waals surface area contributed by atoms with Crippen molar-refractivity contribution in [3.05, 3.63) is 35.6 Å². The van der Waals surface area contributed by atoms with Gasteiger partial charge in [-0.25, -0.2) is 8.78 Å². The average molecular weight is 418 g/mol. The predicted octanol–water partition coefficient (Wildman–Crippen LogP) is 3.89. The summed E-state index contributed by atoms with van der Waals surface area (Å²) in [5.74, 6) is -2.69. The van der Waals surface area contributed by atoms with Gasteiger partial charge in [-0.3, -0.25) is 0 Å². The number of hydrogen-bond acceptors (Lipinski definition) is 1. The van der Waals surface area contributed by atoms with Crippen LogP contribution in [0.15, 0.2) is 24.3 Å². The average Bonchev–Trinajstić information content (AvgIpc) is 2.93. The summed E-state index contributed by atoms with van der Waals surface area (Å²) in [6.45, 7) is 0.375. The van der Waals surface area contributed by atoms with Crippen molar-refractivity contribution in [2.45, 2.75) is 69.6 Å². The van der Waals surface area contributed by atoms with Crippen molar-refractivity contribution >= 4 is 0 Å². The molecule has 2 atom stereocenters. The van der Waals surface area contributed by atoms with Crippen molar-refractivity contribution in [1.82, 2.24) is 0 Å². The van der Waals surface area contributed by atoms with Gasteiger partial charge < -0.3 is 10.5 Å². The van der Waals surface area contributed by atoms with E-state index in [1.165, 1.54) is 12.1 Å². The topological polar surface area (TPSA) is 33.0 Å². The number of hydrogen-bond donors (Lipinski definition) is 0. The molecule has 0 saturated heterocycles. The Balaban J connectivity index is 0.00000364. The Morgan fingerprint density at radius 2 is 1.70 bits per heavy atom. The number of rotatable bonds is 9. The Morgan fingerprint density at radius 3 is 2.22 bits per heavy atom. The van der Waals surface area contributed by atoms with E-state index in [0.29, 0.717) is 19.4 Å². The fraction of sp³-hybridized carbons (Fsp3) is 0.684. The zero-order chi connectivity index (χ0) is 19.2. The van der Waals surface area contributed by atoms with Crippen LogP contribution in [-0.2, 0) is 6.18 Å². The molecule has 0 aliphatic heterocycles. The summed E-state index contributed by atoms with van der Waals surface area (Å²) in [7, 11) is 0. The zero-order valence-electron chi connectivity index (χ0n) is 15.6. The molecule has 1 unspecified atom stereocenters. The molecule has 0 aromatic heterocycles. The summed E-state index contributed by atoms with van der Waals surface area (Å²) in [5, 5.41) is 0. The molecule has 2 rings (SSSR count). The summed E-state index contributed by atoms with van der Waals surface area (Å²) >= 11 is 0. The van der Waals surface area contributed by atoms with Crippen molar-refractivity contribution in [3.8, 4) is 5.75 Å². The van der Waals surface area contributed by atoms with Gasteiger partial charge >= 0.3 is 57.6 Å². The largest absolute Gasteiger partial charge is 1.00 e. The summed E-state index contributed by atoms with van der Waals surface area (Å²) in [5.41, 5.74) is 6.36. The van der Waals surface area contributed by atoms with Gasteiger partial charge in [0.1, 0.15) is 11.9 Å². The van der Waals surface area contributed by atoms with Crippen LogP contribution in [0.2, 0.25) is 0 Å². The molecule has 2 nitrogen and oxygen atoms in total. The van der Waals surface area contributed by atoms with Crippen LogP contribution in [0, 0.1) is 5.92 Å². The molecule has 27 heavy (non-hydrogen) atoms. The standard InChI is InChI=1S/C19H25F5NO.K/c20-18(21)11-10-14(13-18)17(5-3-1-2-4-12-25)26-16-8-6-15(7-9-16)19(22,23)24;/h6-9,14,17,25H,1-5,10-13H2;/q-1;+1/t14-,17?;/m1./s1. The maximum atomic E-state index is 13.6. The molecule has 1 saturated carbocycles. The van der Waals surface area contributed by atoms with Gasteiger partial charge in [0.05, 0.1) is 5.56 Å². The van der Waals surface area contributed by atoms with E-state index < -0.39 is 23.8 Å². The number of benzene rings is 1. The second-order valence-electron chi connectivity index (χ2n) is 6.99. The molecule has 0 radical (unpaired) electrons. The first kappa shape index (κ1) is 25.3. The van der Waals surface area contributed by atoms with E-state index in [2.05, 4.69) is 0 Å². The smallest absolute Gasteiger partial charge is 0.677 e. The predicted molar refractivity (Wildman–Crippen MR) is 90.4 cm³/mol. The van der Waals surface area contributed by atoms with E-state index in [1.54, 1.807) is 0 Å². The van der Waals surface area contributed by atoms with Crippen LogP contribution in [0.4, 0.5) is 22.0 Å². The zero-order valence-corrected chi connectivity index (χ0v) is 18.7. The summed E-state index contributed by atoms with van der Waals surface area (Å²) in [6, 6.07) is 4.40. The molecule has 0 bridgehead atoms. The van der Waals surface area contributed by atoms with Crippen molar-refractivity contribution in [2.24, 2.45) is 5.92 Å². The number of nitrogens with one attached hydrogen (secondary N) is 1. The van der Waals surface area contributed by atoms with Crippen molar-refractivity contribution in [1.29, 1.82) is 0 Å². The number of alkyl halides is 5. The Morgan fingerprint density at radius 1 is 1.07 bits per heavy atom. The van der Waals surface area contributed by atoms with Crippen LogP contribution in [0.25, 0.3) is 5.73 Å². The van der Waals surface area contributed by atoms with Gasteiger partial charge in [0.15, 0.2) is 0 Å². The van der Waals surface area contributed by atoms with Crippen LogP contribution < -0.4 is 56.1 Å². The van der Waals surface area contributed by atoms with Crippen molar-refractivity contribution in [3.63, 3.8) is 0 Å². The first-order valence-corrected chi connectivity index (χ1v) is 9.07. The third-order valence-electron chi connectivity index (χ3n) is 4.85. The summed E-state index contributed by atoms with van der Waals surface area (Å²) in [4.78, 5) is 0. The van der Waals surface area contributed by atoms with E-state index in [1.807, 2.05) is 0 Å². The molecule has 0 amide bonds. The minimum Gasteiger partial charge on any atom is -0.677 e. The molecule has 0 heterocycles. The number of unbranched alkanes of at least 4 members (excludes halogenated alkanes) is 3. The fourth-order valence-corrected chi connectivity index (χ4v) is 3.41. The molecule has 1 aliphatic carbocycles. The van der Waals surface area contributed by atoms with Crippen molar-refractivity contribution < 1.29 is 78.1 Å². The Hall–Kier alpha value is 0.266. The fourth-order valence-electron chi connectivity index (χ4n) is 3.41. The van der Waals surface area contributed by atoms with E-state index in [0.717, 1.165) is 37.8 Å². The number of halogens is 5. The third-order valence-corrected chi connectivity index (χ3v) is 4.85. The molecule has 1 aromatic carbocycles. The maximum absolute atomic E-state index is 13.6. The second-order valence-corrected chi connectivity index (χ2v) is 6.99. The molecule has 8 heteroatoms. The molecular weight excluding hydrogens is 392 g/mol. The van der Waals surface area contributed by atoms with E-state index >= 15 is 0 Å².